The molecule has 0 atom stereocenters. The standard InChI is InChI=1S/C17H20N2O5S2/c1-4-18(5-2)26(22,23)15-10-11-17(16(12-15)19(20)21)24-13-6-8-14(25-3)9-7-13/h6-12H,4-5H2,1-3H3. The Balaban J connectivity index is 2.41. The molecule has 0 N–H and O–H groups in total. The van der Waals surface area contributed by atoms with Gasteiger partial charge in [-0.05, 0) is 42.7 Å². The Bertz CT molecular complexity index is 879. The molecule has 0 fully saturated rings. The van der Waals surface area contributed by atoms with Crippen LogP contribution >= 0.6 is 11.8 Å². The molecule has 2 aromatic rings. The van der Waals surface area contributed by atoms with E-state index >= 15 is 0 Å². The van der Waals surface area contributed by atoms with Crippen molar-refractivity contribution in [1.29, 1.82) is 0 Å². The van der Waals surface area contributed by atoms with Gasteiger partial charge in [0.15, 0.2) is 0 Å². The van der Waals surface area contributed by atoms with Gasteiger partial charge in [0, 0.05) is 24.1 Å². The van der Waals surface area contributed by atoms with Crippen LogP contribution in [-0.4, -0.2) is 37.0 Å². The van der Waals surface area contributed by atoms with Crippen molar-refractivity contribution in [2.24, 2.45) is 0 Å². The third-order valence-corrected chi connectivity index (χ3v) is 6.55. The lowest BCUT2D eigenvalue weighted by atomic mass is 10.3. The fourth-order valence-corrected chi connectivity index (χ4v) is 4.26. The first kappa shape index (κ1) is 20.2. The normalized spacial score (nSPS) is 11.5. The molecular formula is C17H20N2O5S2. The highest BCUT2D eigenvalue weighted by molar-refractivity contribution is 7.98. The highest BCUT2D eigenvalue weighted by Gasteiger charge is 2.26. The van der Waals surface area contributed by atoms with Gasteiger partial charge in [-0.2, -0.15) is 4.31 Å². The van der Waals surface area contributed by atoms with E-state index < -0.39 is 20.6 Å². The van der Waals surface area contributed by atoms with E-state index in [1.54, 1.807) is 37.7 Å². The second-order valence-electron chi connectivity index (χ2n) is 5.25. The predicted octanol–water partition coefficient (Wildman–Crippen LogP) is 4.14. The van der Waals surface area contributed by atoms with E-state index in [0.29, 0.717) is 5.75 Å². The topological polar surface area (TPSA) is 89.8 Å². The van der Waals surface area contributed by atoms with E-state index in [2.05, 4.69) is 0 Å². The first-order valence-corrected chi connectivity index (χ1v) is 10.6. The van der Waals surface area contributed by atoms with Crippen molar-refractivity contribution < 1.29 is 18.1 Å². The zero-order valence-electron chi connectivity index (χ0n) is 14.7. The molecule has 0 saturated carbocycles. The smallest absolute Gasteiger partial charge is 0.312 e. The lowest BCUT2D eigenvalue weighted by molar-refractivity contribution is -0.385. The number of rotatable bonds is 8. The molecule has 26 heavy (non-hydrogen) atoms. The SMILES string of the molecule is CCN(CC)S(=O)(=O)c1ccc(Oc2ccc(SC)cc2)c([N+](=O)[O-])c1. The van der Waals surface area contributed by atoms with E-state index in [1.165, 1.54) is 16.4 Å². The van der Waals surface area contributed by atoms with Crippen molar-refractivity contribution in [1.82, 2.24) is 4.31 Å². The Hall–Kier alpha value is -2.10. The van der Waals surface area contributed by atoms with Crippen molar-refractivity contribution in [3.63, 3.8) is 0 Å². The number of hydrogen-bond acceptors (Lipinski definition) is 6. The molecule has 0 aromatic heterocycles. The van der Waals surface area contributed by atoms with Gasteiger partial charge in [-0.25, -0.2) is 8.42 Å². The molecule has 0 aliphatic heterocycles. The fourth-order valence-electron chi connectivity index (χ4n) is 2.37. The summed E-state index contributed by atoms with van der Waals surface area (Å²) in [7, 11) is -3.79. The largest absolute Gasteiger partial charge is 0.450 e. The van der Waals surface area contributed by atoms with Crippen LogP contribution in [0.2, 0.25) is 0 Å². The molecule has 0 unspecified atom stereocenters. The van der Waals surface area contributed by atoms with Gasteiger partial charge in [0.25, 0.3) is 0 Å². The number of nitro groups is 1. The molecule has 0 spiro atoms. The summed E-state index contributed by atoms with van der Waals surface area (Å²) in [5, 5.41) is 11.4. The molecule has 0 aliphatic rings. The second kappa shape index (κ2) is 8.52. The summed E-state index contributed by atoms with van der Waals surface area (Å²) in [5.74, 6) is 0.427. The number of ether oxygens (including phenoxy) is 1. The van der Waals surface area contributed by atoms with Gasteiger partial charge in [-0.15, -0.1) is 11.8 Å². The molecule has 0 aliphatic carbocycles. The summed E-state index contributed by atoms with van der Waals surface area (Å²) in [5.41, 5.74) is -0.396. The molecule has 0 saturated heterocycles. The molecule has 2 aromatic carbocycles. The Morgan fingerprint density at radius 2 is 1.73 bits per heavy atom. The van der Waals surface area contributed by atoms with Crippen molar-refractivity contribution in [2.45, 2.75) is 23.6 Å². The van der Waals surface area contributed by atoms with Gasteiger partial charge >= 0.3 is 5.69 Å². The van der Waals surface area contributed by atoms with Gasteiger partial charge in [-0.1, -0.05) is 13.8 Å². The average Bonchev–Trinajstić information content (AvgIpc) is 2.63. The zero-order valence-corrected chi connectivity index (χ0v) is 16.3. The third-order valence-electron chi connectivity index (χ3n) is 3.76. The lowest BCUT2D eigenvalue weighted by Crippen LogP contribution is -2.30. The minimum absolute atomic E-state index is 0.00889. The molecule has 0 amide bonds. The summed E-state index contributed by atoms with van der Waals surface area (Å²) >= 11 is 1.57. The van der Waals surface area contributed by atoms with E-state index in [9.17, 15) is 18.5 Å². The van der Waals surface area contributed by atoms with Gasteiger partial charge in [0.1, 0.15) is 5.75 Å². The fraction of sp³-hybridized carbons (Fsp3) is 0.294. The van der Waals surface area contributed by atoms with Gasteiger partial charge < -0.3 is 4.74 Å². The number of nitrogens with zero attached hydrogens (tertiary/aromatic N) is 2. The third kappa shape index (κ3) is 4.35. The van der Waals surface area contributed by atoms with Crippen LogP contribution in [0.4, 0.5) is 5.69 Å². The highest BCUT2D eigenvalue weighted by Crippen LogP contribution is 2.34. The maximum atomic E-state index is 12.6. The predicted molar refractivity (Wildman–Crippen MR) is 102 cm³/mol. The minimum atomic E-state index is -3.79. The van der Waals surface area contributed by atoms with Crippen molar-refractivity contribution in [2.75, 3.05) is 19.3 Å². The van der Waals surface area contributed by atoms with Crippen molar-refractivity contribution >= 4 is 27.5 Å². The van der Waals surface area contributed by atoms with Gasteiger partial charge in [0.05, 0.1) is 9.82 Å². The lowest BCUT2D eigenvalue weighted by Gasteiger charge is -2.18. The Morgan fingerprint density at radius 1 is 1.12 bits per heavy atom. The molecule has 0 radical (unpaired) electrons. The summed E-state index contributed by atoms with van der Waals surface area (Å²) in [6, 6.07) is 10.8. The number of nitro benzene ring substituents is 1. The summed E-state index contributed by atoms with van der Waals surface area (Å²) in [6.45, 7) is 4.00. The molecule has 7 nitrogen and oxygen atoms in total. The second-order valence-corrected chi connectivity index (χ2v) is 8.07. The maximum Gasteiger partial charge on any atom is 0.312 e. The van der Waals surface area contributed by atoms with Crippen LogP contribution in [0.5, 0.6) is 11.5 Å². The maximum absolute atomic E-state index is 12.6. The van der Waals surface area contributed by atoms with Crippen LogP contribution in [0.1, 0.15) is 13.8 Å². The quantitative estimate of drug-likeness (QED) is 0.378. The number of thioether (sulfide) groups is 1. The van der Waals surface area contributed by atoms with Crippen LogP contribution in [0, 0.1) is 10.1 Å². The molecule has 2 rings (SSSR count). The first-order valence-electron chi connectivity index (χ1n) is 7.94. The molecule has 0 bridgehead atoms. The van der Waals surface area contributed by atoms with E-state index in [-0.39, 0.29) is 23.7 Å². The Kier molecular flexibility index (Phi) is 6.63. The van der Waals surface area contributed by atoms with Crippen LogP contribution in [0.25, 0.3) is 0 Å². The summed E-state index contributed by atoms with van der Waals surface area (Å²) in [6.07, 6.45) is 1.94. The number of benzene rings is 2. The number of hydrogen-bond donors (Lipinski definition) is 0. The molecular weight excluding hydrogens is 376 g/mol. The summed E-state index contributed by atoms with van der Waals surface area (Å²) in [4.78, 5) is 11.7. The van der Waals surface area contributed by atoms with Gasteiger partial charge in [0.2, 0.25) is 15.8 Å². The molecule has 9 heteroatoms. The Labute approximate surface area is 157 Å². The first-order chi connectivity index (χ1) is 12.3. The monoisotopic (exact) mass is 396 g/mol. The van der Waals surface area contributed by atoms with Crippen LogP contribution in [0.3, 0.4) is 0 Å². The molecule has 140 valence electrons. The van der Waals surface area contributed by atoms with E-state index in [4.69, 9.17) is 4.74 Å². The number of sulfonamides is 1. The highest BCUT2D eigenvalue weighted by atomic mass is 32.2. The molecule has 0 heterocycles. The van der Waals surface area contributed by atoms with Gasteiger partial charge in [-0.3, -0.25) is 10.1 Å². The summed E-state index contributed by atoms with van der Waals surface area (Å²) < 4.78 is 32.0. The van der Waals surface area contributed by atoms with E-state index in [0.717, 1.165) is 11.0 Å². The zero-order chi connectivity index (χ0) is 19.3. The average molecular weight is 396 g/mol. The van der Waals surface area contributed by atoms with Crippen molar-refractivity contribution in [3.05, 3.63) is 52.6 Å². The Morgan fingerprint density at radius 3 is 2.23 bits per heavy atom. The van der Waals surface area contributed by atoms with Crippen molar-refractivity contribution in [3.8, 4) is 11.5 Å². The van der Waals surface area contributed by atoms with E-state index in [1.807, 2.05) is 18.4 Å². The van der Waals surface area contributed by atoms with Crippen LogP contribution in [0.15, 0.2) is 52.3 Å². The van der Waals surface area contributed by atoms with Crippen LogP contribution < -0.4 is 4.74 Å². The minimum Gasteiger partial charge on any atom is -0.450 e. The van der Waals surface area contributed by atoms with Crippen LogP contribution in [-0.2, 0) is 10.0 Å².